The minimum atomic E-state index is -0.316. The summed E-state index contributed by atoms with van der Waals surface area (Å²) in [4.78, 5) is 0. The number of rotatable bonds is 2. The largest absolute Gasteiger partial charge is 0.399 e. The molecule has 3 rings (SSSR count). The fourth-order valence-electron chi connectivity index (χ4n) is 1.77. The Morgan fingerprint density at radius 3 is 2.94 bits per heavy atom. The number of halogens is 1. The van der Waals surface area contributed by atoms with Gasteiger partial charge in [-0.2, -0.15) is 0 Å². The summed E-state index contributed by atoms with van der Waals surface area (Å²) in [6.07, 6.45) is 3.86. The number of nitrogens with zero attached hydrogens (tertiary/aromatic N) is 3. The van der Waals surface area contributed by atoms with Crippen LogP contribution in [0, 0.1) is 5.82 Å². The van der Waals surface area contributed by atoms with Gasteiger partial charge >= 0.3 is 0 Å². The van der Waals surface area contributed by atoms with Crippen molar-refractivity contribution in [1.29, 1.82) is 0 Å². The van der Waals surface area contributed by atoms with Crippen LogP contribution in [0.1, 0.15) is 18.9 Å². The van der Waals surface area contributed by atoms with Crippen molar-refractivity contribution in [2.45, 2.75) is 18.9 Å². The quantitative estimate of drug-likeness (QED) is 0.784. The van der Waals surface area contributed by atoms with Crippen LogP contribution in [0.3, 0.4) is 0 Å². The van der Waals surface area contributed by atoms with Gasteiger partial charge in [0.05, 0.1) is 5.56 Å². The summed E-state index contributed by atoms with van der Waals surface area (Å²) in [5.41, 5.74) is 6.60. The van der Waals surface area contributed by atoms with E-state index in [9.17, 15) is 4.39 Å². The zero-order chi connectivity index (χ0) is 11.1. The molecular formula is C11H11FN4. The first-order valence-corrected chi connectivity index (χ1v) is 5.20. The van der Waals surface area contributed by atoms with Gasteiger partial charge in [0.1, 0.15) is 12.1 Å². The van der Waals surface area contributed by atoms with Crippen LogP contribution < -0.4 is 5.73 Å². The lowest BCUT2D eigenvalue weighted by Crippen LogP contribution is -1.98. The molecule has 16 heavy (non-hydrogen) atoms. The summed E-state index contributed by atoms with van der Waals surface area (Å²) in [5, 5.41) is 7.80. The molecule has 1 saturated carbocycles. The standard InChI is InChI=1S/C11H11FN4/c12-10-4-1-7(13)5-9(10)11-15-14-6-16(11)8-2-3-8/h1,4-6,8H,2-3,13H2. The van der Waals surface area contributed by atoms with Gasteiger partial charge in [0.2, 0.25) is 0 Å². The van der Waals surface area contributed by atoms with Crippen LogP contribution in [0.4, 0.5) is 10.1 Å². The van der Waals surface area contributed by atoms with Crippen LogP contribution in [0.15, 0.2) is 24.5 Å². The number of aromatic nitrogens is 3. The van der Waals surface area contributed by atoms with Crippen molar-refractivity contribution in [2.75, 3.05) is 5.73 Å². The molecule has 1 fully saturated rings. The first kappa shape index (κ1) is 9.33. The predicted molar refractivity (Wildman–Crippen MR) is 58.1 cm³/mol. The highest BCUT2D eigenvalue weighted by Crippen LogP contribution is 2.38. The fraction of sp³-hybridized carbons (Fsp3) is 0.273. The van der Waals surface area contributed by atoms with Crippen molar-refractivity contribution in [1.82, 2.24) is 14.8 Å². The van der Waals surface area contributed by atoms with Crippen LogP contribution in [0.2, 0.25) is 0 Å². The van der Waals surface area contributed by atoms with Crippen molar-refractivity contribution in [3.63, 3.8) is 0 Å². The second kappa shape index (κ2) is 3.30. The normalized spacial score (nSPS) is 15.3. The zero-order valence-corrected chi connectivity index (χ0v) is 8.60. The highest BCUT2D eigenvalue weighted by atomic mass is 19.1. The molecule has 1 aromatic carbocycles. The van der Waals surface area contributed by atoms with E-state index < -0.39 is 0 Å². The third kappa shape index (κ3) is 1.44. The first-order chi connectivity index (χ1) is 7.75. The number of nitrogens with two attached hydrogens (primary N) is 1. The molecule has 4 nitrogen and oxygen atoms in total. The number of hydrogen-bond donors (Lipinski definition) is 1. The minimum absolute atomic E-state index is 0.316. The Balaban J connectivity index is 2.13. The summed E-state index contributed by atoms with van der Waals surface area (Å²) >= 11 is 0. The number of hydrogen-bond acceptors (Lipinski definition) is 3. The van der Waals surface area contributed by atoms with Crippen molar-refractivity contribution >= 4 is 5.69 Å². The van der Waals surface area contributed by atoms with E-state index in [0.29, 0.717) is 23.1 Å². The summed E-state index contributed by atoms with van der Waals surface area (Å²) in [5.74, 6) is 0.247. The Labute approximate surface area is 91.9 Å². The average Bonchev–Trinajstić information content (AvgIpc) is 3.01. The van der Waals surface area contributed by atoms with E-state index in [1.165, 1.54) is 12.1 Å². The monoisotopic (exact) mass is 218 g/mol. The van der Waals surface area contributed by atoms with Gasteiger partial charge < -0.3 is 10.3 Å². The molecule has 5 heteroatoms. The van der Waals surface area contributed by atoms with E-state index in [4.69, 9.17) is 5.73 Å². The lowest BCUT2D eigenvalue weighted by atomic mass is 10.2. The zero-order valence-electron chi connectivity index (χ0n) is 8.60. The predicted octanol–water partition coefficient (Wildman–Crippen LogP) is 2.00. The van der Waals surface area contributed by atoms with E-state index in [1.54, 1.807) is 12.4 Å². The maximum absolute atomic E-state index is 13.7. The maximum atomic E-state index is 13.7. The Bertz CT molecular complexity index is 531. The minimum Gasteiger partial charge on any atom is -0.399 e. The number of anilines is 1. The van der Waals surface area contributed by atoms with Gasteiger partial charge in [-0.05, 0) is 31.0 Å². The molecule has 1 aliphatic rings. The van der Waals surface area contributed by atoms with Gasteiger partial charge in [-0.15, -0.1) is 10.2 Å². The van der Waals surface area contributed by atoms with Crippen LogP contribution in [-0.2, 0) is 0 Å². The Morgan fingerprint density at radius 1 is 1.38 bits per heavy atom. The van der Waals surface area contributed by atoms with E-state index in [1.807, 2.05) is 4.57 Å². The molecule has 0 radical (unpaired) electrons. The summed E-state index contributed by atoms with van der Waals surface area (Å²) in [6.45, 7) is 0. The van der Waals surface area contributed by atoms with Gasteiger partial charge in [-0.25, -0.2) is 4.39 Å². The smallest absolute Gasteiger partial charge is 0.167 e. The van der Waals surface area contributed by atoms with Gasteiger partial charge in [0.25, 0.3) is 0 Å². The fourth-order valence-corrected chi connectivity index (χ4v) is 1.77. The number of benzene rings is 1. The highest BCUT2D eigenvalue weighted by Gasteiger charge is 2.27. The van der Waals surface area contributed by atoms with Gasteiger partial charge in [0, 0.05) is 11.7 Å². The third-order valence-electron chi connectivity index (χ3n) is 2.74. The Morgan fingerprint density at radius 2 is 2.19 bits per heavy atom. The molecule has 0 aliphatic heterocycles. The van der Waals surface area contributed by atoms with Gasteiger partial charge in [-0.1, -0.05) is 0 Å². The second-order valence-electron chi connectivity index (χ2n) is 4.03. The van der Waals surface area contributed by atoms with E-state index >= 15 is 0 Å². The molecule has 1 aromatic heterocycles. The van der Waals surface area contributed by atoms with Gasteiger partial charge in [0.15, 0.2) is 5.82 Å². The number of nitrogen functional groups attached to an aromatic ring is 1. The van der Waals surface area contributed by atoms with Crippen LogP contribution in [-0.4, -0.2) is 14.8 Å². The molecule has 1 aliphatic carbocycles. The summed E-state index contributed by atoms with van der Waals surface area (Å²) in [6, 6.07) is 4.91. The maximum Gasteiger partial charge on any atom is 0.167 e. The lowest BCUT2D eigenvalue weighted by Gasteiger charge is -2.06. The topological polar surface area (TPSA) is 56.7 Å². The SMILES string of the molecule is Nc1ccc(F)c(-c2nncn2C2CC2)c1. The van der Waals surface area contributed by atoms with Crippen molar-refractivity contribution in [3.8, 4) is 11.4 Å². The molecule has 0 amide bonds. The lowest BCUT2D eigenvalue weighted by molar-refractivity contribution is 0.627. The Kier molecular flexibility index (Phi) is 1.92. The summed E-state index contributed by atoms with van der Waals surface area (Å²) in [7, 11) is 0. The molecule has 1 heterocycles. The molecule has 0 atom stereocenters. The van der Waals surface area contributed by atoms with Crippen LogP contribution in [0.5, 0.6) is 0 Å². The highest BCUT2D eigenvalue weighted by molar-refractivity contribution is 5.62. The Hall–Kier alpha value is -1.91. The first-order valence-electron chi connectivity index (χ1n) is 5.20. The molecule has 82 valence electrons. The van der Waals surface area contributed by atoms with E-state index in [0.717, 1.165) is 12.8 Å². The molecule has 2 aromatic rings. The van der Waals surface area contributed by atoms with E-state index in [2.05, 4.69) is 10.2 Å². The van der Waals surface area contributed by atoms with Crippen molar-refractivity contribution in [2.24, 2.45) is 0 Å². The van der Waals surface area contributed by atoms with E-state index in [-0.39, 0.29) is 5.82 Å². The third-order valence-corrected chi connectivity index (χ3v) is 2.74. The summed E-state index contributed by atoms with van der Waals surface area (Å²) < 4.78 is 15.6. The van der Waals surface area contributed by atoms with Gasteiger partial charge in [-0.3, -0.25) is 0 Å². The van der Waals surface area contributed by atoms with Crippen molar-refractivity contribution in [3.05, 3.63) is 30.3 Å². The molecular weight excluding hydrogens is 207 g/mol. The molecule has 0 unspecified atom stereocenters. The second-order valence-corrected chi connectivity index (χ2v) is 4.03. The molecule has 0 saturated heterocycles. The molecule has 0 bridgehead atoms. The average molecular weight is 218 g/mol. The van der Waals surface area contributed by atoms with Crippen molar-refractivity contribution < 1.29 is 4.39 Å². The van der Waals surface area contributed by atoms with Crippen LogP contribution >= 0.6 is 0 Å². The molecule has 2 N–H and O–H groups in total. The van der Waals surface area contributed by atoms with Crippen LogP contribution in [0.25, 0.3) is 11.4 Å². The molecule has 0 spiro atoms.